The molecule has 4 nitrogen and oxygen atoms in total. The van der Waals surface area contributed by atoms with E-state index in [0.717, 1.165) is 18.4 Å². The summed E-state index contributed by atoms with van der Waals surface area (Å²) >= 11 is 0. The fourth-order valence-corrected chi connectivity index (χ4v) is 3.38. The van der Waals surface area contributed by atoms with Crippen LogP contribution in [0, 0.1) is 0 Å². The molecule has 3 N–H and O–H groups in total. The molecule has 2 rings (SSSR count). The van der Waals surface area contributed by atoms with Crippen molar-refractivity contribution < 1.29 is 14.6 Å². The van der Waals surface area contributed by atoms with Gasteiger partial charge in [-0.1, -0.05) is 82.2 Å². The number of hydrogen-bond donors (Lipinski definition) is 2. The lowest BCUT2D eigenvalue weighted by atomic mass is 10.0. The van der Waals surface area contributed by atoms with Crippen molar-refractivity contribution in [3.63, 3.8) is 0 Å². The molecule has 0 unspecified atom stereocenters. The van der Waals surface area contributed by atoms with E-state index < -0.39 is 5.91 Å². The van der Waals surface area contributed by atoms with E-state index in [-0.39, 0.29) is 12.4 Å². The number of primary amides is 1. The van der Waals surface area contributed by atoms with Gasteiger partial charge in [-0.2, -0.15) is 0 Å². The van der Waals surface area contributed by atoms with Crippen LogP contribution in [0.1, 0.15) is 79.8 Å². The summed E-state index contributed by atoms with van der Waals surface area (Å²) in [5.41, 5.74) is 7.62. The average molecular weight is 384 g/mol. The second kappa shape index (κ2) is 12.1. The summed E-state index contributed by atoms with van der Waals surface area (Å²) in [5.74, 6) is 0.231. The Morgan fingerprint density at radius 2 is 1.54 bits per heavy atom. The smallest absolute Gasteiger partial charge is 0.252 e. The lowest BCUT2D eigenvalue weighted by Gasteiger charge is -2.15. The first-order valence-corrected chi connectivity index (χ1v) is 10.4. The fourth-order valence-electron chi connectivity index (χ4n) is 3.38. The van der Waals surface area contributed by atoms with Crippen LogP contribution < -0.4 is 10.5 Å². The van der Waals surface area contributed by atoms with E-state index in [1.54, 1.807) is 24.3 Å². The standard InChI is InChI=1S/C24H33NO3/c1-2-3-4-5-6-7-8-9-13-19-15-12-16-21(24(25)27)23(19)28-18-20-14-10-11-17-22(20)26/h10-12,14-17,26H,2-9,13,18H2,1H3,(H2,25,27). The van der Waals surface area contributed by atoms with Crippen molar-refractivity contribution in [3.8, 4) is 11.5 Å². The Morgan fingerprint density at radius 3 is 2.21 bits per heavy atom. The lowest BCUT2D eigenvalue weighted by Crippen LogP contribution is -2.14. The highest BCUT2D eigenvalue weighted by atomic mass is 16.5. The first-order chi connectivity index (χ1) is 13.6. The van der Waals surface area contributed by atoms with Crippen LogP contribution in [-0.2, 0) is 13.0 Å². The lowest BCUT2D eigenvalue weighted by molar-refractivity contribution is 0.0995. The van der Waals surface area contributed by atoms with E-state index >= 15 is 0 Å². The highest BCUT2D eigenvalue weighted by molar-refractivity contribution is 5.96. The maximum absolute atomic E-state index is 11.8. The molecular weight excluding hydrogens is 350 g/mol. The molecule has 1 amide bonds. The highest BCUT2D eigenvalue weighted by Crippen LogP contribution is 2.28. The monoisotopic (exact) mass is 383 g/mol. The number of carbonyl (C=O) groups is 1. The highest BCUT2D eigenvalue weighted by Gasteiger charge is 2.15. The number of nitrogens with two attached hydrogens (primary N) is 1. The molecule has 28 heavy (non-hydrogen) atoms. The predicted molar refractivity (Wildman–Crippen MR) is 114 cm³/mol. The number of unbranched alkanes of at least 4 members (excludes halogenated alkanes) is 7. The van der Waals surface area contributed by atoms with E-state index in [1.165, 1.54) is 44.9 Å². The van der Waals surface area contributed by atoms with Crippen molar-refractivity contribution in [3.05, 3.63) is 59.2 Å². The Bertz CT molecular complexity index is 742. The van der Waals surface area contributed by atoms with Crippen LogP contribution in [0.25, 0.3) is 0 Å². The summed E-state index contributed by atoms with van der Waals surface area (Å²) in [6, 6.07) is 12.6. The second-order valence-electron chi connectivity index (χ2n) is 7.30. The Balaban J connectivity index is 1.95. The van der Waals surface area contributed by atoms with E-state index in [0.29, 0.717) is 16.9 Å². The number of aryl methyl sites for hydroxylation is 1. The molecule has 0 atom stereocenters. The number of aromatic hydroxyl groups is 1. The first kappa shape index (κ1) is 21.8. The summed E-state index contributed by atoms with van der Waals surface area (Å²) < 4.78 is 5.96. The Kier molecular flexibility index (Phi) is 9.40. The molecule has 4 heteroatoms. The Morgan fingerprint density at radius 1 is 0.893 bits per heavy atom. The number of carbonyl (C=O) groups excluding carboxylic acids is 1. The summed E-state index contributed by atoms with van der Waals surface area (Å²) in [6.45, 7) is 2.43. The zero-order valence-electron chi connectivity index (χ0n) is 17.0. The van der Waals surface area contributed by atoms with Crippen LogP contribution in [0.15, 0.2) is 42.5 Å². The number of phenolic OH excluding ortho intramolecular Hbond substituents is 1. The van der Waals surface area contributed by atoms with Crippen molar-refractivity contribution >= 4 is 5.91 Å². The largest absolute Gasteiger partial charge is 0.508 e. The minimum Gasteiger partial charge on any atom is -0.508 e. The van der Waals surface area contributed by atoms with Crippen molar-refractivity contribution in [2.75, 3.05) is 0 Å². The van der Waals surface area contributed by atoms with Crippen LogP contribution in [0.5, 0.6) is 11.5 Å². The number of rotatable bonds is 13. The normalized spacial score (nSPS) is 10.8. The maximum Gasteiger partial charge on any atom is 0.252 e. The number of amides is 1. The minimum atomic E-state index is -0.495. The zero-order valence-corrected chi connectivity index (χ0v) is 17.0. The second-order valence-corrected chi connectivity index (χ2v) is 7.30. The Hall–Kier alpha value is -2.49. The van der Waals surface area contributed by atoms with E-state index in [4.69, 9.17) is 10.5 Å². The van der Waals surface area contributed by atoms with Gasteiger partial charge in [0.05, 0.1) is 5.56 Å². The number of ether oxygens (including phenoxy) is 1. The molecule has 0 aromatic heterocycles. The van der Waals surface area contributed by atoms with Gasteiger partial charge in [-0.3, -0.25) is 4.79 Å². The van der Waals surface area contributed by atoms with Gasteiger partial charge in [0.25, 0.3) is 5.91 Å². The molecule has 0 radical (unpaired) electrons. The Labute approximate surface area is 168 Å². The van der Waals surface area contributed by atoms with Gasteiger partial charge in [0.1, 0.15) is 18.1 Å². The fraction of sp³-hybridized carbons (Fsp3) is 0.458. The van der Waals surface area contributed by atoms with E-state index in [2.05, 4.69) is 6.92 Å². The molecule has 2 aromatic carbocycles. The van der Waals surface area contributed by atoms with Crippen LogP contribution in [0.4, 0.5) is 0 Å². The molecule has 152 valence electrons. The van der Waals surface area contributed by atoms with Crippen molar-refractivity contribution in [2.45, 2.75) is 71.3 Å². The third kappa shape index (κ3) is 6.91. The summed E-state index contributed by atoms with van der Waals surface area (Å²) in [7, 11) is 0. The van der Waals surface area contributed by atoms with Crippen LogP contribution in [-0.4, -0.2) is 11.0 Å². The number of para-hydroxylation sites is 2. The van der Waals surface area contributed by atoms with Gasteiger partial charge in [-0.05, 0) is 30.5 Å². The summed E-state index contributed by atoms with van der Waals surface area (Å²) in [6.07, 6.45) is 10.9. The third-order valence-corrected chi connectivity index (χ3v) is 5.03. The van der Waals surface area contributed by atoms with Gasteiger partial charge in [0, 0.05) is 5.56 Å². The van der Waals surface area contributed by atoms with Crippen molar-refractivity contribution in [2.24, 2.45) is 5.73 Å². The number of phenols is 1. The quantitative estimate of drug-likeness (QED) is 0.432. The van der Waals surface area contributed by atoms with Gasteiger partial charge in [0.2, 0.25) is 0 Å². The summed E-state index contributed by atoms with van der Waals surface area (Å²) in [4.78, 5) is 11.8. The van der Waals surface area contributed by atoms with Gasteiger partial charge >= 0.3 is 0 Å². The summed E-state index contributed by atoms with van der Waals surface area (Å²) in [5, 5.41) is 9.94. The van der Waals surface area contributed by atoms with Crippen LogP contribution in [0.3, 0.4) is 0 Å². The van der Waals surface area contributed by atoms with Crippen molar-refractivity contribution in [1.82, 2.24) is 0 Å². The van der Waals surface area contributed by atoms with Crippen molar-refractivity contribution in [1.29, 1.82) is 0 Å². The average Bonchev–Trinajstić information content (AvgIpc) is 2.69. The predicted octanol–water partition coefficient (Wildman–Crippen LogP) is 5.75. The minimum absolute atomic E-state index is 0.184. The molecule has 0 heterocycles. The zero-order chi connectivity index (χ0) is 20.2. The topological polar surface area (TPSA) is 72.6 Å². The SMILES string of the molecule is CCCCCCCCCCc1cccc(C(N)=O)c1OCc1ccccc1O. The van der Waals surface area contributed by atoms with Gasteiger partial charge in [0.15, 0.2) is 0 Å². The van der Waals surface area contributed by atoms with Crippen LogP contribution in [0.2, 0.25) is 0 Å². The molecule has 0 bridgehead atoms. The molecule has 0 aliphatic heterocycles. The molecule has 0 saturated heterocycles. The molecule has 0 fully saturated rings. The molecule has 0 saturated carbocycles. The molecule has 2 aromatic rings. The van der Waals surface area contributed by atoms with E-state index in [9.17, 15) is 9.90 Å². The number of benzene rings is 2. The molecular formula is C24H33NO3. The van der Waals surface area contributed by atoms with Crippen LogP contribution >= 0.6 is 0 Å². The molecule has 0 aliphatic carbocycles. The van der Waals surface area contributed by atoms with E-state index in [1.807, 2.05) is 18.2 Å². The third-order valence-electron chi connectivity index (χ3n) is 5.03. The molecule has 0 aliphatic rings. The first-order valence-electron chi connectivity index (χ1n) is 10.4. The molecule has 0 spiro atoms. The van der Waals surface area contributed by atoms with Gasteiger partial charge in [-0.25, -0.2) is 0 Å². The maximum atomic E-state index is 11.8. The van der Waals surface area contributed by atoms with Gasteiger partial charge < -0.3 is 15.6 Å². The number of hydrogen-bond acceptors (Lipinski definition) is 3. The van der Waals surface area contributed by atoms with Gasteiger partial charge in [-0.15, -0.1) is 0 Å².